The zero-order valence-corrected chi connectivity index (χ0v) is 9.47. The van der Waals surface area contributed by atoms with Crippen LogP contribution in [-0.2, 0) is 4.79 Å². The lowest BCUT2D eigenvalue weighted by Gasteiger charge is -2.08. The molecule has 76 valence electrons. The third kappa shape index (κ3) is 1.89. The number of rotatable bonds is 2. The Hall–Kier alpha value is -1.31. The van der Waals surface area contributed by atoms with Crippen LogP contribution in [0.1, 0.15) is 11.6 Å². The largest absolute Gasteiger partial charge is 0.324 e. The zero-order valence-electron chi connectivity index (χ0n) is 7.88. The Morgan fingerprint density at radius 1 is 1.60 bits per heavy atom. The minimum Gasteiger partial charge on any atom is -0.324 e. The van der Waals surface area contributed by atoms with E-state index in [-0.39, 0.29) is 11.9 Å². The van der Waals surface area contributed by atoms with Crippen molar-refractivity contribution in [3.8, 4) is 12.3 Å². The van der Waals surface area contributed by atoms with Gasteiger partial charge >= 0.3 is 0 Å². The van der Waals surface area contributed by atoms with Crippen molar-refractivity contribution in [3.63, 3.8) is 0 Å². The second-order valence-electron chi connectivity index (χ2n) is 3.24. The van der Waals surface area contributed by atoms with Gasteiger partial charge in [-0.2, -0.15) is 0 Å². The fraction of sp³-hybridized carbons (Fsp3) is 0.182. The Bertz CT molecular complexity index is 450. The molecular weight excluding hydrogens is 256 g/mol. The molecule has 1 aliphatic rings. The Morgan fingerprint density at radius 2 is 2.40 bits per heavy atom. The summed E-state index contributed by atoms with van der Waals surface area (Å²) in [4.78, 5) is 11.6. The van der Waals surface area contributed by atoms with E-state index in [2.05, 4.69) is 32.5 Å². The molecule has 1 aliphatic heterocycles. The Morgan fingerprint density at radius 3 is 3.13 bits per heavy atom. The number of anilines is 1. The molecule has 0 saturated carbocycles. The standard InChI is InChI=1S/C11H9BrN2O/c1-2-5-13-10-8-6-7(12)3-4-9(8)14-11(10)15/h1,3-4,6,10,13H,5H2,(H,14,15). The predicted molar refractivity (Wildman–Crippen MR) is 62.3 cm³/mol. The maximum Gasteiger partial charge on any atom is 0.246 e. The smallest absolute Gasteiger partial charge is 0.246 e. The van der Waals surface area contributed by atoms with Crippen molar-refractivity contribution in [1.82, 2.24) is 5.32 Å². The number of nitrogens with one attached hydrogen (secondary N) is 2. The summed E-state index contributed by atoms with van der Waals surface area (Å²) in [7, 11) is 0. The highest BCUT2D eigenvalue weighted by Crippen LogP contribution is 2.32. The molecule has 2 rings (SSSR count). The van der Waals surface area contributed by atoms with Crippen molar-refractivity contribution in [2.45, 2.75) is 6.04 Å². The van der Waals surface area contributed by atoms with Crippen molar-refractivity contribution in [1.29, 1.82) is 0 Å². The number of halogens is 1. The number of hydrogen-bond acceptors (Lipinski definition) is 2. The van der Waals surface area contributed by atoms with Crippen LogP contribution >= 0.6 is 15.9 Å². The van der Waals surface area contributed by atoms with Gasteiger partial charge in [-0.05, 0) is 18.2 Å². The highest BCUT2D eigenvalue weighted by Gasteiger charge is 2.29. The molecule has 1 heterocycles. The van der Waals surface area contributed by atoms with E-state index in [1.807, 2.05) is 18.2 Å². The molecule has 0 radical (unpaired) electrons. The summed E-state index contributed by atoms with van der Waals surface area (Å²) in [5, 5.41) is 5.79. The maximum atomic E-state index is 11.6. The predicted octanol–water partition coefficient (Wildman–Crippen LogP) is 1.67. The topological polar surface area (TPSA) is 41.1 Å². The molecule has 1 atom stereocenters. The van der Waals surface area contributed by atoms with Crippen LogP contribution in [0.3, 0.4) is 0 Å². The van der Waals surface area contributed by atoms with E-state index < -0.39 is 0 Å². The third-order valence-electron chi connectivity index (χ3n) is 2.25. The van der Waals surface area contributed by atoms with Gasteiger partial charge in [-0.1, -0.05) is 21.9 Å². The van der Waals surface area contributed by atoms with Gasteiger partial charge in [0.15, 0.2) is 0 Å². The molecular formula is C11H9BrN2O. The van der Waals surface area contributed by atoms with Crippen molar-refractivity contribution in [2.75, 3.05) is 11.9 Å². The number of amides is 1. The van der Waals surface area contributed by atoms with Crippen LogP contribution in [0, 0.1) is 12.3 Å². The fourth-order valence-corrected chi connectivity index (χ4v) is 1.97. The monoisotopic (exact) mass is 264 g/mol. The lowest BCUT2D eigenvalue weighted by atomic mass is 10.1. The minimum absolute atomic E-state index is 0.0571. The van der Waals surface area contributed by atoms with Crippen molar-refractivity contribution >= 4 is 27.5 Å². The molecule has 0 fully saturated rings. The first-order chi connectivity index (χ1) is 7.22. The average molecular weight is 265 g/mol. The molecule has 0 aromatic heterocycles. The number of terminal acetylenes is 1. The molecule has 3 nitrogen and oxygen atoms in total. The van der Waals surface area contributed by atoms with Gasteiger partial charge in [-0.25, -0.2) is 0 Å². The van der Waals surface area contributed by atoms with Crippen LogP contribution in [0.4, 0.5) is 5.69 Å². The first kappa shape index (κ1) is 10.2. The number of carbonyl (C=O) groups excluding carboxylic acids is 1. The van der Waals surface area contributed by atoms with Gasteiger partial charge in [-0.3, -0.25) is 10.1 Å². The number of carbonyl (C=O) groups is 1. The summed E-state index contributed by atoms with van der Waals surface area (Å²) < 4.78 is 0.949. The third-order valence-corrected chi connectivity index (χ3v) is 2.75. The second-order valence-corrected chi connectivity index (χ2v) is 4.15. The first-order valence-electron chi connectivity index (χ1n) is 4.49. The SMILES string of the molecule is C#CCNC1C(=O)Nc2ccc(Br)cc21. The normalized spacial score (nSPS) is 18.1. The van der Waals surface area contributed by atoms with Gasteiger partial charge in [-0.15, -0.1) is 6.42 Å². The van der Waals surface area contributed by atoms with Gasteiger partial charge in [0.2, 0.25) is 5.91 Å². The van der Waals surface area contributed by atoms with Crippen LogP contribution in [0.15, 0.2) is 22.7 Å². The van der Waals surface area contributed by atoms with Crippen LogP contribution in [0.25, 0.3) is 0 Å². The molecule has 2 N–H and O–H groups in total. The van der Waals surface area contributed by atoms with Crippen molar-refractivity contribution in [3.05, 3.63) is 28.2 Å². The highest BCUT2D eigenvalue weighted by molar-refractivity contribution is 9.10. The molecule has 15 heavy (non-hydrogen) atoms. The Labute approximate surface area is 96.4 Å². The van der Waals surface area contributed by atoms with Crippen molar-refractivity contribution < 1.29 is 4.79 Å². The lowest BCUT2D eigenvalue weighted by Crippen LogP contribution is -2.27. The summed E-state index contributed by atoms with van der Waals surface area (Å²) >= 11 is 3.37. The number of benzene rings is 1. The van der Waals surface area contributed by atoms with Gasteiger partial charge in [0.05, 0.1) is 6.54 Å². The highest BCUT2D eigenvalue weighted by atomic mass is 79.9. The van der Waals surface area contributed by atoms with E-state index in [0.717, 1.165) is 15.7 Å². The van der Waals surface area contributed by atoms with Crippen LogP contribution in [-0.4, -0.2) is 12.5 Å². The number of fused-ring (bicyclic) bond motifs is 1. The first-order valence-corrected chi connectivity index (χ1v) is 5.29. The van der Waals surface area contributed by atoms with Gasteiger partial charge in [0.1, 0.15) is 6.04 Å². The molecule has 1 aromatic rings. The molecule has 1 aromatic carbocycles. The second kappa shape index (κ2) is 4.05. The van der Waals surface area contributed by atoms with Crippen LogP contribution < -0.4 is 10.6 Å². The van der Waals surface area contributed by atoms with E-state index >= 15 is 0 Å². The number of hydrogen-bond donors (Lipinski definition) is 2. The molecule has 0 aliphatic carbocycles. The molecule has 1 unspecified atom stereocenters. The van der Waals surface area contributed by atoms with E-state index in [9.17, 15) is 4.79 Å². The minimum atomic E-state index is -0.339. The quantitative estimate of drug-likeness (QED) is 0.798. The zero-order chi connectivity index (χ0) is 10.8. The Kier molecular flexibility index (Phi) is 2.76. The van der Waals surface area contributed by atoms with Gasteiger partial charge in [0, 0.05) is 15.7 Å². The molecule has 0 saturated heterocycles. The van der Waals surface area contributed by atoms with Crippen LogP contribution in [0.5, 0.6) is 0 Å². The lowest BCUT2D eigenvalue weighted by molar-refractivity contribution is -0.117. The summed E-state index contributed by atoms with van der Waals surface area (Å²) in [6.45, 7) is 0.379. The van der Waals surface area contributed by atoms with E-state index in [0.29, 0.717) is 6.54 Å². The fourth-order valence-electron chi connectivity index (χ4n) is 1.60. The van der Waals surface area contributed by atoms with Crippen LogP contribution in [0.2, 0.25) is 0 Å². The van der Waals surface area contributed by atoms with E-state index in [4.69, 9.17) is 6.42 Å². The summed E-state index contributed by atoms with van der Waals surface area (Å²) in [5.74, 6) is 2.40. The van der Waals surface area contributed by atoms with E-state index in [1.165, 1.54) is 0 Å². The molecule has 4 heteroatoms. The van der Waals surface area contributed by atoms with E-state index in [1.54, 1.807) is 0 Å². The maximum absolute atomic E-state index is 11.6. The summed E-state index contributed by atoms with van der Waals surface area (Å²) in [6, 6.07) is 5.34. The van der Waals surface area contributed by atoms with Gasteiger partial charge < -0.3 is 5.32 Å². The van der Waals surface area contributed by atoms with Crippen molar-refractivity contribution in [2.24, 2.45) is 0 Å². The average Bonchev–Trinajstić information content (AvgIpc) is 2.51. The molecule has 0 spiro atoms. The molecule has 0 bridgehead atoms. The molecule has 1 amide bonds. The Balaban J connectivity index is 2.32. The summed E-state index contributed by atoms with van der Waals surface area (Å²) in [5.41, 5.74) is 1.78. The van der Waals surface area contributed by atoms with Gasteiger partial charge in [0.25, 0.3) is 0 Å². The summed E-state index contributed by atoms with van der Waals surface area (Å²) in [6.07, 6.45) is 5.15.